The summed E-state index contributed by atoms with van der Waals surface area (Å²) in [4.78, 5) is 17.6. The molecular weight excluding hydrogens is 400 g/mol. The topological polar surface area (TPSA) is 69.0 Å². The number of nitrogens with zero attached hydrogens (tertiary/aromatic N) is 3. The van der Waals surface area contributed by atoms with E-state index in [1.54, 1.807) is 4.68 Å². The van der Waals surface area contributed by atoms with Gasteiger partial charge in [0.15, 0.2) is 5.82 Å². The van der Waals surface area contributed by atoms with Crippen molar-refractivity contribution in [2.45, 2.75) is 27.7 Å². The number of nitrogens with one attached hydrogen (secondary N) is 1. The van der Waals surface area contributed by atoms with Crippen LogP contribution < -0.4 is 10.1 Å². The van der Waals surface area contributed by atoms with Crippen LogP contribution in [-0.4, -0.2) is 27.3 Å². The lowest BCUT2D eigenvalue weighted by Crippen LogP contribution is -2.14. The van der Waals surface area contributed by atoms with Crippen LogP contribution in [-0.2, 0) is 0 Å². The van der Waals surface area contributed by atoms with E-state index >= 15 is 0 Å². The molecule has 6 nitrogen and oxygen atoms in total. The summed E-state index contributed by atoms with van der Waals surface area (Å²) in [6.07, 6.45) is 0. The number of aryl methyl sites for hydroxylation is 3. The number of carbonyl (C=O) groups excluding carboxylic acids is 1. The van der Waals surface area contributed by atoms with Gasteiger partial charge in [-0.05, 0) is 75.2 Å². The van der Waals surface area contributed by atoms with Crippen molar-refractivity contribution in [3.05, 3.63) is 89.2 Å². The second-order valence-corrected chi connectivity index (χ2v) is 7.72. The summed E-state index contributed by atoms with van der Waals surface area (Å²) in [5.41, 5.74) is 5.81. The highest BCUT2D eigenvalue weighted by Gasteiger charge is 2.19. The average molecular weight is 427 g/mol. The molecule has 0 aliphatic carbocycles. The Hall–Kier alpha value is -3.93. The zero-order chi connectivity index (χ0) is 22.7. The highest BCUT2D eigenvalue weighted by Crippen LogP contribution is 2.24. The summed E-state index contributed by atoms with van der Waals surface area (Å²) in [5.74, 6) is 1.12. The molecule has 4 rings (SSSR count). The van der Waals surface area contributed by atoms with E-state index in [1.165, 1.54) is 5.56 Å². The molecule has 0 spiro atoms. The molecule has 0 fully saturated rings. The van der Waals surface area contributed by atoms with Gasteiger partial charge in [-0.1, -0.05) is 35.9 Å². The van der Waals surface area contributed by atoms with Crippen LogP contribution in [0.15, 0.2) is 66.7 Å². The van der Waals surface area contributed by atoms with Gasteiger partial charge in [0.1, 0.15) is 5.75 Å². The van der Waals surface area contributed by atoms with Crippen LogP contribution in [0.5, 0.6) is 5.75 Å². The van der Waals surface area contributed by atoms with Crippen molar-refractivity contribution < 1.29 is 9.53 Å². The number of carbonyl (C=O) groups is 1. The predicted octanol–water partition coefficient (Wildman–Crippen LogP) is 5.51. The smallest absolute Gasteiger partial charge is 0.295 e. The normalized spacial score (nSPS) is 10.8. The molecule has 1 N–H and O–H groups in total. The van der Waals surface area contributed by atoms with Crippen LogP contribution in [0.25, 0.3) is 17.1 Å². The van der Waals surface area contributed by atoms with Gasteiger partial charge in [0.05, 0.1) is 12.3 Å². The van der Waals surface area contributed by atoms with Gasteiger partial charge in [-0.15, -0.1) is 5.10 Å². The standard InChI is InChI=1S/C26H26N4O2/c1-5-32-23-14-12-22(13-15-23)30-25(20-9-6-17(2)7-10-20)28-24(29-30)26(31)27-21-11-8-18(3)19(4)16-21/h6-16H,5H2,1-4H3,(H,27,31). The molecule has 0 unspecified atom stereocenters. The van der Waals surface area contributed by atoms with Crippen LogP contribution in [0.4, 0.5) is 5.69 Å². The summed E-state index contributed by atoms with van der Waals surface area (Å²) in [7, 11) is 0. The first kappa shape index (κ1) is 21.3. The van der Waals surface area contributed by atoms with E-state index in [0.29, 0.717) is 18.1 Å². The third kappa shape index (κ3) is 4.54. The molecule has 162 valence electrons. The molecule has 1 heterocycles. The maximum atomic E-state index is 13.0. The number of amides is 1. The zero-order valence-corrected chi connectivity index (χ0v) is 18.7. The first-order chi connectivity index (χ1) is 15.4. The van der Waals surface area contributed by atoms with Crippen molar-refractivity contribution in [2.75, 3.05) is 11.9 Å². The monoisotopic (exact) mass is 426 g/mol. The molecular formula is C26H26N4O2. The van der Waals surface area contributed by atoms with Crippen LogP contribution in [0.2, 0.25) is 0 Å². The first-order valence-electron chi connectivity index (χ1n) is 10.6. The van der Waals surface area contributed by atoms with Gasteiger partial charge in [0.2, 0.25) is 5.82 Å². The van der Waals surface area contributed by atoms with Crippen LogP contribution in [0.1, 0.15) is 34.2 Å². The van der Waals surface area contributed by atoms with Crippen LogP contribution in [0.3, 0.4) is 0 Å². The quantitative estimate of drug-likeness (QED) is 0.441. The van der Waals surface area contributed by atoms with Crippen LogP contribution >= 0.6 is 0 Å². The van der Waals surface area contributed by atoms with Crippen molar-refractivity contribution in [3.8, 4) is 22.8 Å². The van der Waals surface area contributed by atoms with E-state index in [2.05, 4.69) is 15.4 Å². The Morgan fingerprint density at radius 3 is 2.31 bits per heavy atom. The molecule has 32 heavy (non-hydrogen) atoms. The highest BCUT2D eigenvalue weighted by atomic mass is 16.5. The largest absolute Gasteiger partial charge is 0.494 e. The zero-order valence-electron chi connectivity index (χ0n) is 18.7. The molecule has 1 amide bonds. The molecule has 1 aromatic heterocycles. The van der Waals surface area contributed by atoms with Gasteiger partial charge in [-0.2, -0.15) is 0 Å². The lowest BCUT2D eigenvalue weighted by atomic mass is 10.1. The summed E-state index contributed by atoms with van der Waals surface area (Å²) < 4.78 is 7.23. The molecule has 6 heteroatoms. The Balaban J connectivity index is 1.72. The molecule has 0 bridgehead atoms. The lowest BCUT2D eigenvalue weighted by molar-refractivity contribution is 0.101. The molecule has 0 saturated carbocycles. The van der Waals surface area contributed by atoms with Crippen molar-refractivity contribution in [1.82, 2.24) is 14.8 Å². The van der Waals surface area contributed by atoms with Crippen molar-refractivity contribution >= 4 is 11.6 Å². The number of rotatable bonds is 6. The maximum Gasteiger partial charge on any atom is 0.295 e. The van der Waals surface area contributed by atoms with E-state index < -0.39 is 0 Å². The SMILES string of the molecule is CCOc1ccc(-n2nc(C(=O)Nc3ccc(C)c(C)c3)nc2-c2ccc(C)cc2)cc1. The molecule has 0 radical (unpaired) electrons. The van der Waals surface area contributed by atoms with Crippen molar-refractivity contribution in [3.63, 3.8) is 0 Å². The minimum absolute atomic E-state index is 0.104. The minimum atomic E-state index is -0.355. The van der Waals surface area contributed by atoms with Crippen molar-refractivity contribution in [1.29, 1.82) is 0 Å². The molecule has 0 aliphatic heterocycles. The fraction of sp³-hybridized carbons (Fsp3) is 0.192. The van der Waals surface area contributed by atoms with Crippen molar-refractivity contribution in [2.24, 2.45) is 0 Å². The molecule has 0 aliphatic rings. The van der Waals surface area contributed by atoms with Gasteiger partial charge < -0.3 is 10.1 Å². The number of ether oxygens (including phenoxy) is 1. The number of benzene rings is 3. The van der Waals surface area contributed by atoms with E-state index in [1.807, 2.05) is 94.4 Å². The minimum Gasteiger partial charge on any atom is -0.494 e. The summed E-state index contributed by atoms with van der Waals surface area (Å²) in [5, 5.41) is 7.45. The maximum absolute atomic E-state index is 13.0. The average Bonchev–Trinajstić information content (AvgIpc) is 3.23. The molecule has 0 saturated heterocycles. The Bertz CT molecular complexity index is 1240. The number of hydrogen-bond donors (Lipinski definition) is 1. The fourth-order valence-corrected chi connectivity index (χ4v) is 3.33. The molecule has 3 aromatic carbocycles. The van der Waals surface area contributed by atoms with Gasteiger partial charge in [-0.3, -0.25) is 4.79 Å². The van der Waals surface area contributed by atoms with Gasteiger partial charge >= 0.3 is 0 Å². The first-order valence-corrected chi connectivity index (χ1v) is 10.6. The van der Waals surface area contributed by atoms with E-state index in [4.69, 9.17) is 4.74 Å². The second kappa shape index (κ2) is 9.06. The molecule has 0 atom stereocenters. The van der Waals surface area contributed by atoms with Gasteiger partial charge in [0, 0.05) is 11.3 Å². The lowest BCUT2D eigenvalue weighted by Gasteiger charge is -2.08. The highest BCUT2D eigenvalue weighted by molar-refractivity contribution is 6.01. The Morgan fingerprint density at radius 2 is 1.66 bits per heavy atom. The van der Waals surface area contributed by atoms with E-state index in [0.717, 1.165) is 28.1 Å². The number of aromatic nitrogens is 3. The third-order valence-corrected chi connectivity index (χ3v) is 5.28. The van der Waals surface area contributed by atoms with Crippen LogP contribution in [0, 0.1) is 20.8 Å². The third-order valence-electron chi connectivity index (χ3n) is 5.28. The summed E-state index contributed by atoms with van der Waals surface area (Å²) in [6, 6.07) is 21.4. The summed E-state index contributed by atoms with van der Waals surface area (Å²) >= 11 is 0. The second-order valence-electron chi connectivity index (χ2n) is 7.72. The Morgan fingerprint density at radius 1 is 0.938 bits per heavy atom. The number of anilines is 1. The summed E-state index contributed by atoms with van der Waals surface area (Å²) in [6.45, 7) is 8.62. The predicted molar refractivity (Wildman–Crippen MR) is 127 cm³/mol. The Labute approximate surface area is 187 Å². The van der Waals surface area contributed by atoms with Gasteiger partial charge in [0.25, 0.3) is 5.91 Å². The van der Waals surface area contributed by atoms with Gasteiger partial charge in [-0.25, -0.2) is 9.67 Å². The Kier molecular flexibility index (Phi) is 6.03. The molecule has 4 aromatic rings. The fourth-order valence-electron chi connectivity index (χ4n) is 3.33. The number of hydrogen-bond acceptors (Lipinski definition) is 4. The van der Waals surface area contributed by atoms with E-state index in [9.17, 15) is 4.79 Å². The van der Waals surface area contributed by atoms with E-state index in [-0.39, 0.29) is 11.7 Å².